The third-order valence-corrected chi connectivity index (χ3v) is 5.70. The first-order valence-electron chi connectivity index (χ1n) is 9.87. The number of fused-ring (bicyclic) bond motifs is 1. The normalized spacial score (nSPS) is 15.5. The summed E-state index contributed by atoms with van der Waals surface area (Å²) in [5, 5.41) is 1.04. The van der Waals surface area contributed by atoms with Gasteiger partial charge in [0, 0.05) is 62.5 Å². The largest absolute Gasteiger partial charge is 0.361 e. The third kappa shape index (κ3) is 4.01. The molecule has 0 aliphatic carbocycles. The molecule has 1 atom stereocenters. The van der Waals surface area contributed by atoms with Gasteiger partial charge in [0.05, 0.1) is 0 Å². The summed E-state index contributed by atoms with van der Waals surface area (Å²) in [6, 6.07) is 14.4. The van der Waals surface area contributed by atoms with E-state index in [-0.39, 0.29) is 30.0 Å². The number of rotatable bonds is 4. The van der Waals surface area contributed by atoms with E-state index < -0.39 is 0 Å². The summed E-state index contributed by atoms with van der Waals surface area (Å²) >= 11 is 0. The number of nitrogens with zero attached hydrogens (tertiary/aromatic N) is 2. The molecule has 2 heterocycles. The lowest BCUT2D eigenvalue weighted by atomic mass is 9.87. The SMILES string of the molecule is CC(=O)N1CCN(C(=O)CC(c2cccc(F)c2)c2c[nH]c3ccccc23)CC1. The monoisotopic (exact) mass is 393 g/mol. The molecule has 5 nitrogen and oxygen atoms in total. The third-order valence-electron chi connectivity index (χ3n) is 5.70. The highest BCUT2D eigenvalue weighted by atomic mass is 19.1. The second kappa shape index (κ2) is 8.07. The molecule has 150 valence electrons. The van der Waals surface area contributed by atoms with E-state index in [1.165, 1.54) is 12.1 Å². The Balaban J connectivity index is 1.61. The number of piperazine rings is 1. The summed E-state index contributed by atoms with van der Waals surface area (Å²) in [6.45, 7) is 3.72. The van der Waals surface area contributed by atoms with Crippen LogP contribution < -0.4 is 0 Å². The molecule has 4 rings (SSSR count). The van der Waals surface area contributed by atoms with E-state index in [4.69, 9.17) is 0 Å². The van der Waals surface area contributed by atoms with Gasteiger partial charge in [-0.25, -0.2) is 4.39 Å². The van der Waals surface area contributed by atoms with Crippen LogP contribution in [0.2, 0.25) is 0 Å². The molecule has 1 aliphatic heterocycles. The molecular weight excluding hydrogens is 369 g/mol. The Labute approximate surface area is 169 Å². The quantitative estimate of drug-likeness (QED) is 0.737. The van der Waals surface area contributed by atoms with E-state index >= 15 is 0 Å². The van der Waals surface area contributed by atoms with Crippen LogP contribution in [0.1, 0.15) is 30.4 Å². The molecule has 0 bridgehead atoms. The number of hydrogen-bond acceptors (Lipinski definition) is 2. The number of aromatic amines is 1. The fraction of sp³-hybridized carbons (Fsp3) is 0.304. The number of halogens is 1. The summed E-state index contributed by atoms with van der Waals surface area (Å²) in [5.74, 6) is -0.503. The molecule has 6 heteroatoms. The van der Waals surface area contributed by atoms with Crippen LogP contribution in [0.15, 0.2) is 54.7 Å². The standard InChI is InChI=1S/C23H24FN3O2/c1-16(28)26-9-11-27(12-10-26)23(29)14-20(17-5-4-6-18(24)13-17)21-15-25-22-8-3-2-7-19(21)22/h2-8,13,15,20,25H,9-12,14H2,1H3. The number of carbonyl (C=O) groups excluding carboxylic acids is 2. The Bertz CT molecular complexity index is 1040. The van der Waals surface area contributed by atoms with E-state index in [0.29, 0.717) is 26.2 Å². The molecular formula is C23H24FN3O2. The van der Waals surface area contributed by atoms with Crippen molar-refractivity contribution in [3.63, 3.8) is 0 Å². The molecule has 2 aromatic carbocycles. The number of H-pyrrole nitrogens is 1. The van der Waals surface area contributed by atoms with Gasteiger partial charge in [0.2, 0.25) is 11.8 Å². The molecule has 0 spiro atoms. The van der Waals surface area contributed by atoms with Crippen LogP contribution >= 0.6 is 0 Å². The van der Waals surface area contributed by atoms with Crippen LogP contribution in [0, 0.1) is 5.82 Å². The van der Waals surface area contributed by atoms with Crippen LogP contribution in [0.4, 0.5) is 4.39 Å². The predicted molar refractivity (Wildman–Crippen MR) is 110 cm³/mol. The van der Waals surface area contributed by atoms with Gasteiger partial charge in [0.25, 0.3) is 0 Å². The van der Waals surface area contributed by atoms with Gasteiger partial charge in [-0.15, -0.1) is 0 Å². The minimum atomic E-state index is -0.310. The lowest BCUT2D eigenvalue weighted by Crippen LogP contribution is -2.50. The number of carbonyl (C=O) groups is 2. The van der Waals surface area contributed by atoms with Crippen molar-refractivity contribution in [3.8, 4) is 0 Å². The first-order valence-corrected chi connectivity index (χ1v) is 9.87. The Hall–Kier alpha value is -3.15. The molecule has 0 saturated carbocycles. The molecule has 3 aromatic rings. The molecule has 1 fully saturated rings. The number of amides is 2. The fourth-order valence-corrected chi connectivity index (χ4v) is 4.09. The number of benzene rings is 2. The number of nitrogens with one attached hydrogen (secondary N) is 1. The van der Waals surface area contributed by atoms with Gasteiger partial charge in [-0.1, -0.05) is 30.3 Å². The average molecular weight is 393 g/mol. The van der Waals surface area contributed by atoms with Crippen LogP contribution in [0.5, 0.6) is 0 Å². The van der Waals surface area contributed by atoms with Gasteiger partial charge in [-0.3, -0.25) is 9.59 Å². The topological polar surface area (TPSA) is 56.4 Å². The van der Waals surface area contributed by atoms with Crippen molar-refractivity contribution < 1.29 is 14.0 Å². The molecule has 29 heavy (non-hydrogen) atoms. The van der Waals surface area contributed by atoms with Crippen molar-refractivity contribution in [1.82, 2.24) is 14.8 Å². The predicted octanol–water partition coefficient (Wildman–Crippen LogP) is 3.52. The Kier molecular flexibility index (Phi) is 5.34. The van der Waals surface area contributed by atoms with Gasteiger partial charge in [-0.2, -0.15) is 0 Å². The molecule has 1 unspecified atom stereocenters. The maximum absolute atomic E-state index is 14.0. The summed E-state index contributed by atoms with van der Waals surface area (Å²) in [6.07, 6.45) is 2.17. The van der Waals surface area contributed by atoms with Crippen LogP contribution in [0.25, 0.3) is 10.9 Å². The maximum atomic E-state index is 14.0. The van der Waals surface area contributed by atoms with Crippen molar-refractivity contribution in [2.24, 2.45) is 0 Å². The van der Waals surface area contributed by atoms with Gasteiger partial charge < -0.3 is 14.8 Å². The summed E-state index contributed by atoms with van der Waals surface area (Å²) < 4.78 is 14.0. The first kappa shape index (κ1) is 19.2. The van der Waals surface area contributed by atoms with E-state index in [1.807, 2.05) is 36.5 Å². The van der Waals surface area contributed by atoms with Crippen molar-refractivity contribution in [1.29, 1.82) is 0 Å². The highest BCUT2D eigenvalue weighted by Gasteiger charge is 2.27. The smallest absolute Gasteiger partial charge is 0.223 e. The Morgan fingerprint density at radius 3 is 2.48 bits per heavy atom. The van der Waals surface area contributed by atoms with Gasteiger partial charge >= 0.3 is 0 Å². The van der Waals surface area contributed by atoms with Crippen LogP contribution in [-0.2, 0) is 9.59 Å². The minimum absolute atomic E-state index is 0.0211. The average Bonchev–Trinajstić information content (AvgIpc) is 3.16. The molecule has 1 N–H and O–H groups in total. The van der Waals surface area contributed by atoms with E-state index in [9.17, 15) is 14.0 Å². The van der Waals surface area contributed by atoms with Crippen LogP contribution in [0.3, 0.4) is 0 Å². The summed E-state index contributed by atoms with van der Waals surface area (Å²) in [7, 11) is 0. The number of hydrogen-bond donors (Lipinski definition) is 1. The second-order valence-corrected chi connectivity index (χ2v) is 7.49. The van der Waals surface area contributed by atoms with Gasteiger partial charge in [0.15, 0.2) is 0 Å². The number of para-hydroxylation sites is 1. The molecule has 2 amide bonds. The highest BCUT2D eigenvalue weighted by Crippen LogP contribution is 2.34. The van der Waals surface area contributed by atoms with Crippen molar-refractivity contribution in [2.75, 3.05) is 26.2 Å². The molecule has 1 saturated heterocycles. The lowest BCUT2D eigenvalue weighted by molar-refractivity contribution is -0.138. The van der Waals surface area contributed by atoms with Crippen molar-refractivity contribution in [2.45, 2.75) is 19.3 Å². The van der Waals surface area contributed by atoms with Gasteiger partial charge in [0.1, 0.15) is 5.82 Å². The Morgan fingerprint density at radius 1 is 1.03 bits per heavy atom. The molecule has 1 aromatic heterocycles. The zero-order valence-electron chi connectivity index (χ0n) is 16.4. The summed E-state index contributed by atoms with van der Waals surface area (Å²) in [4.78, 5) is 31.5. The second-order valence-electron chi connectivity index (χ2n) is 7.49. The van der Waals surface area contributed by atoms with E-state index in [1.54, 1.807) is 22.8 Å². The Morgan fingerprint density at radius 2 is 1.76 bits per heavy atom. The zero-order chi connectivity index (χ0) is 20.4. The zero-order valence-corrected chi connectivity index (χ0v) is 16.4. The first-order chi connectivity index (χ1) is 14.0. The highest BCUT2D eigenvalue weighted by molar-refractivity contribution is 5.86. The van der Waals surface area contributed by atoms with Crippen molar-refractivity contribution >= 4 is 22.7 Å². The van der Waals surface area contributed by atoms with Gasteiger partial charge in [-0.05, 0) is 29.3 Å². The van der Waals surface area contributed by atoms with Crippen molar-refractivity contribution in [3.05, 3.63) is 71.7 Å². The van der Waals surface area contributed by atoms with Crippen LogP contribution in [-0.4, -0.2) is 52.8 Å². The molecule has 1 aliphatic rings. The molecule has 0 radical (unpaired) electrons. The van der Waals surface area contributed by atoms with E-state index in [0.717, 1.165) is 22.0 Å². The number of aromatic nitrogens is 1. The lowest BCUT2D eigenvalue weighted by Gasteiger charge is -2.35. The van der Waals surface area contributed by atoms with E-state index in [2.05, 4.69) is 4.98 Å². The maximum Gasteiger partial charge on any atom is 0.223 e. The minimum Gasteiger partial charge on any atom is -0.361 e. The fourth-order valence-electron chi connectivity index (χ4n) is 4.09. The summed E-state index contributed by atoms with van der Waals surface area (Å²) in [5.41, 5.74) is 2.76.